The Morgan fingerprint density at radius 2 is 2.00 bits per heavy atom. The highest BCUT2D eigenvalue weighted by molar-refractivity contribution is 9.09. The Bertz CT molecular complexity index is 68.6. The second-order valence-electron chi connectivity index (χ2n) is 2.46. The maximum atomic E-state index is 3.41. The Labute approximate surface area is 76.7 Å². The molecule has 10 heavy (non-hydrogen) atoms. The maximum Gasteiger partial charge on any atom is 0.00662 e. The molecule has 0 saturated heterocycles. The number of rotatable bonds is 6. The summed E-state index contributed by atoms with van der Waals surface area (Å²) in [5, 5.41) is 1.14. The molecule has 0 saturated carbocycles. The molecule has 0 spiro atoms. The van der Waals surface area contributed by atoms with Crippen molar-refractivity contribution in [2.75, 3.05) is 37.5 Å². The van der Waals surface area contributed by atoms with Crippen LogP contribution in [-0.4, -0.2) is 42.4 Å². The number of nitrogens with zero attached hydrogens (tertiary/aromatic N) is 1. The smallest absolute Gasteiger partial charge is 0.00662 e. The third kappa shape index (κ3) is 8.79. The molecule has 0 aliphatic carbocycles. The predicted molar refractivity (Wildman–Crippen MR) is 54.3 cm³/mol. The number of hydrogen-bond acceptors (Lipinski definition) is 2. The number of alkyl halides is 1. The van der Waals surface area contributed by atoms with Crippen molar-refractivity contribution < 1.29 is 0 Å². The fourth-order valence-corrected chi connectivity index (χ4v) is 2.20. The first kappa shape index (κ1) is 10.8. The lowest BCUT2D eigenvalue weighted by Crippen LogP contribution is -2.14. The Hall–Kier alpha value is 0.790. The van der Waals surface area contributed by atoms with E-state index in [1.54, 1.807) is 0 Å². The fourth-order valence-electron chi connectivity index (χ4n) is 0.506. The van der Waals surface area contributed by atoms with Crippen molar-refractivity contribution in [2.24, 2.45) is 0 Å². The highest BCUT2D eigenvalue weighted by Gasteiger charge is 1.90. The van der Waals surface area contributed by atoms with Gasteiger partial charge in [-0.3, -0.25) is 0 Å². The van der Waals surface area contributed by atoms with Crippen LogP contribution in [0.25, 0.3) is 0 Å². The van der Waals surface area contributed by atoms with Crippen molar-refractivity contribution in [1.29, 1.82) is 0 Å². The maximum absolute atomic E-state index is 3.41. The summed E-state index contributed by atoms with van der Waals surface area (Å²) < 4.78 is 0. The number of halogens is 1. The third-order valence-electron chi connectivity index (χ3n) is 1.11. The molecule has 0 amide bonds. The number of hydrogen-bond donors (Lipinski definition) is 0. The van der Waals surface area contributed by atoms with E-state index < -0.39 is 0 Å². The summed E-state index contributed by atoms with van der Waals surface area (Å²) in [5.74, 6) is 2.55. The minimum atomic E-state index is 1.14. The van der Waals surface area contributed by atoms with Gasteiger partial charge in [0.05, 0.1) is 0 Å². The molecule has 0 N–H and O–H groups in total. The van der Waals surface area contributed by atoms with Gasteiger partial charge in [0.15, 0.2) is 0 Å². The van der Waals surface area contributed by atoms with Crippen LogP contribution in [0.5, 0.6) is 0 Å². The highest BCUT2D eigenvalue weighted by atomic mass is 79.9. The molecule has 0 aliphatic heterocycles. The molecule has 0 aliphatic rings. The molecular weight excluding hydrogens is 210 g/mol. The van der Waals surface area contributed by atoms with Crippen LogP contribution in [-0.2, 0) is 0 Å². The molecule has 0 heterocycles. The minimum Gasteiger partial charge on any atom is -0.309 e. The second kappa shape index (κ2) is 7.89. The van der Waals surface area contributed by atoms with Crippen molar-refractivity contribution in [3.8, 4) is 0 Å². The van der Waals surface area contributed by atoms with Crippen molar-refractivity contribution in [3.63, 3.8) is 0 Å². The van der Waals surface area contributed by atoms with E-state index >= 15 is 0 Å². The van der Waals surface area contributed by atoms with Crippen LogP contribution < -0.4 is 0 Å². The summed E-state index contributed by atoms with van der Waals surface area (Å²) in [6.07, 6.45) is 1.29. The van der Waals surface area contributed by atoms with Crippen LogP contribution in [0.1, 0.15) is 6.42 Å². The van der Waals surface area contributed by atoms with Crippen molar-refractivity contribution >= 4 is 27.7 Å². The summed E-state index contributed by atoms with van der Waals surface area (Å²) in [6.45, 7) is 1.20. The van der Waals surface area contributed by atoms with Gasteiger partial charge in [0.25, 0.3) is 0 Å². The van der Waals surface area contributed by atoms with E-state index in [2.05, 4.69) is 34.9 Å². The summed E-state index contributed by atoms with van der Waals surface area (Å²) in [4.78, 5) is 2.22. The van der Waals surface area contributed by atoms with Gasteiger partial charge < -0.3 is 4.90 Å². The van der Waals surface area contributed by atoms with Gasteiger partial charge in [0.1, 0.15) is 0 Å². The number of thioether (sulfide) groups is 1. The first-order valence-corrected chi connectivity index (χ1v) is 5.83. The lowest BCUT2D eigenvalue weighted by Gasteiger charge is -2.07. The van der Waals surface area contributed by atoms with Crippen molar-refractivity contribution in [1.82, 2.24) is 4.90 Å². The van der Waals surface area contributed by atoms with E-state index in [9.17, 15) is 0 Å². The van der Waals surface area contributed by atoms with E-state index in [1.165, 1.54) is 24.5 Å². The monoisotopic (exact) mass is 225 g/mol. The van der Waals surface area contributed by atoms with Crippen LogP contribution in [0.2, 0.25) is 0 Å². The topological polar surface area (TPSA) is 3.24 Å². The van der Waals surface area contributed by atoms with E-state index in [-0.39, 0.29) is 0 Å². The molecule has 0 unspecified atom stereocenters. The Balaban J connectivity index is 2.77. The van der Waals surface area contributed by atoms with Crippen molar-refractivity contribution in [3.05, 3.63) is 0 Å². The van der Waals surface area contributed by atoms with Gasteiger partial charge >= 0.3 is 0 Å². The lowest BCUT2D eigenvalue weighted by molar-refractivity contribution is 0.437. The average Bonchev–Trinajstić information content (AvgIpc) is 1.87. The largest absolute Gasteiger partial charge is 0.309 e. The van der Waals surface area contributed by atoms with Gasteiger partial charge in [0, 0.05) is 17.6 Å². The SMILES string of the molecule is CN(C)CCSCCCBr. The normalized spacial score (nSPS) is 10.8. The molecule has 0 aromatic carbocycles. The van der Waals surface area contributed by atoms with Crippen LogP contribution in [0, 0.1) is 0 Å². The Morgan fingerprint density at radius 1 is 1.30 bits per heavy atom. The molecule has 0 bridgehead atoms. The van der Waals surface area contributed by atoms with Crippen LogP contribution >= 0.6 is 27.7 Å². The molecule has 0 radical (unpaired) electrons. The molecule has 0 fully saturated rings. The fraction of sp³-hybridized carbons (Fsp3) is 1.00. The zero-order valence-electron chi connectivity index (χ0n) is 6.77. The molecule has 3 heteroatoms. The summed E-state index contributed by atoms with van der Waals surface area (Å²) in [6, 6.07) is 0. The van der Waals surface area contributed by atoms with E-state index in [0.717, 1.165) is 5.33 Å². The lowest BCUT2D eigenvalue weighted by atomic mass is 10.6. The molecule has 0 rings (SSSR count). The van der Waals surface area contributed by atoms with Gasteiger partial charge in [-0.15, -0.1) is 0 Å². The van der Waals surface area contributed by atoms with Crippen LogP contribution in [0.15, 0.2) is 0 Å². The molecule has 1 nitrogen and oxygen atoms in total. The minimum absolute atomic E-state index is 1.14. The van der Waals surface area contributed by atoms with E-state index in [4.69, 9.17) is 0 Å². The van der Waals surface area contributed by atoms with Crippen LogP contribution in [0.4, 0.5) is 0 Å². The summed E-state index contributed by atoms with van der Waals surface area (Å²) >= 11 is 5.44. The van der Waals surface area contributed by atoms with Gasteiger partial charge in [-0.25, -0.2) is 0 Å². The first-order chi connectivity index (χ1) is 4.77. The Morgan fingerprint density at radius 3 is 2.50 bits per heavy atom. The van der Waals surface area contributed by atoms with E-state index in [0.29, 0.717) is 0 Å². The molecule has 62 valence electrons. The quantitative estimate of drug-likeness (QED) is 0.504. The summed E-state index contributed by atoms with van der Waals surface area (Å²) in [5.41, 5.74) is 0. The van der Waals surface area contributed by atoms with Gasteiger partial charge in [-0.05, 0) is 26.3 Å². The van der Waals surface area contributed by atoms with Gasteiger partial charge in [-0.1, -0.05) is 15.9 Å². The average molecular weight is 226 g/mol. The molecule has 0 aromatic heterocycles. The molecule has 0 atom stereocenters. The van der Waals surface area contributed by atoms with Crippen molar-refractivity contribution in [2.45, 2.75) is 6.42 Å². The zero-order chi connectivity index (χ0) is 7.82. The van der Waals surface area contributed by atoms with Gasteiger partial charge in [0.2, 0.25) is 0 Å². The molecule has 0 aromatic rings. The first-order valence-electron chi connectivity index (χ1n) is 3.56. The Kier molecular flexibility index (Phi) is 8.52. The molecular formula is C7H16BrNS. The zero-order valence-corrected chi connectivity index (χ0v) is 9.17. The van der Waals surface area contributed by atoms with Crippen LogP contribution in [0.3, 0.4) is 0 Å². The second-order valence-corrected chi connectivity index (χ2v) is 4.48. The highest BCUT2D eigenvalue weighted by Crippen LogP contribution is 2.03. The summed E-state index contributed by atoms with van der Waals surface area (Å²) in [7, 11) is 4.23. The standard InChI is InChI=1S/C7H16BrNS/c1-9(2)5-7-10-6-3-4-8/h3-7H2,1-2H3. The van der Waals surface area contributed by atoms with Gasteiger partial charge in [-0.2, -0.15) is 11.8 Å². The van der Waals surface area contributed by atoms with E-state index in [1.807, 2.05) is 11.8 Å². The third-order valence-corrected chi connectivity index (χ3v) is 2.71. The predicted octanol–water partition coefficient (Wildman–Crippen LogP) is 2.07.